The van der Waals surface area contributed by atoms with Crippen LogP contribution in [-0.4, -0.2) is 76.5 Å². The minimum Gasteiger partial charge on any atom is -0.480 e. The minimum atomic E-state index is -0.674. The van der Waals surface area contributed by atoms with Gasteiger partial charge in [0.1, 0.15) is 17.7 Å². The molecule has 0 saturated carbocycles. The predicted octanol–water partition coefficient (Wildman–Crippen LogP) is 5.05. The zero-order valence-corrected chi connectivity index (χ0v) is 25.9. The highest BCUT2D eigenvalue weighted by Gasteiger charge is 2.54. The molecule has 5 rings (SSSR count). The number of hydrogen-bond acceptors (Lipinski definition) is 6. The molecule has 2 fully saturated rings. The molecule has 3 aromatic rings. The van der Waals surface area contributed by atoms with E-state index in [0.29, 0.717) is 25.2 Å². The van der Waals surface area contributed by atoms with Crippen LogP contribution in [0.3, 0.4) is 0 Å². The van der Waals surface area contributed by atoms with Crippen LogP contribution in [0.5, 0.6) is 0 Å². The highest BCUT2D eigenvalue weighted by molar-refractivity contribution is 5.74. The number of aromatic nitrogens is 4. The first kappa shape index (κ1) is 30.4. The van der Waals surface area contributed by atoms with Crippen LogP contribution in [0.25, 0.3) is 0 Å². The number of imidazole rings is 2. The van der Waals surface area contributed by atoms with Crippen molar-refractivity contribution in [2.24, 2.45) is 12.5 Å². The monoisotopic (exact) mass is 575 g/mol. The van der Waals surface area contributed by atoms with E-state index in [1.807, 2.05) is 25.6 Å². The number of carbonyl (C=O) groups is 1. The Labute approximate surface area is 251 Å². The van der Waals surface area contributed by atoms with Crippen molar-refractivity contribution in [3.05, 3.63) is 71.8 Å². The number of carboxylic acid groups (broad SMARTS) is 1. The lowest BCUT2D eigenvalue weighted by Gasteiger charge is -2.46. The SMILES string of the molecule is CCC(CC)N1CCC2(CC1)C[C@H](C(=O)O)N(Cc1ccc(CN(Cc3ncc[nH]3)Cc3nccn3C)cc1)C2CC. The largest absolute Gasteiger partial charge is 0.480 e. The fraction of sp³-hybridized carbons (Fsp3) is 0.606. The van der Waals surface area contributed by atoms with Crippen molar-refractivity contribution in [1.82, 2.24) is 34.2 Å². The summed E-state index contributed by atoms with van der Waals surface area (Å²) in [6, 6.07) is 9.28. The quantitative estimate of drug-likeness (QED) is 0.295. The molecule has 1 spiro atoms. The van der Waals surface area contributed by atoms with E-state index in [2.05, 4.69) is 79.3 Å². The van der Waals surface area contributed by atoms with Crippen molar-refractivity contribution in [2.75, 3.05) is 13.1 Å². The molecule has 2 aliphatic rings. The van der Waals surface area contributed by atoms with E-state index >= 15 is 0 Å². The first-order valence-corrected chi connectivity index (χ1v) is 15.8. The molecule has 9 nitrogen and oxygen atoms in total. The Morgan fingerprint density at radius 1 is 1.05 bits per heavy atom. The molecule has 9 heteroatoms. The van der Waals surface area contributed by atoms with Crippen molar-refractivity contribution in [2.45, 2.75) is 104 Å². The Balaban J connectivity index is 1.28. The molecule has 1 unspecified atom stereocenters. The van der Waals surface area contributed by atoms with Gasteiger partial charge in [0.15, 0.2) is 0 Å². The molecule has 2 N–H and O–H groups in total. The van der Waals surface area contributed by atoms with Gasteiger partial charge < -0.3 is 19.6 Å². The highest BCUT2D eigenvalue weighted by atomic mass is 16.4. The Kier molecular flexibility index (Phi) is 9.81. The second-order valence-electron chi connectivity index (χ2n) is 12.5. The molecular weight excluding hydrogens is 526 g/mol. The van der Waals surface area contributed by atoms with Gasteiger partial charge in [0.25, 0.3) is 0 Å². The first-order chi connectivity index (χ1) is 20.4. The summed E-state index contributed by atoms with van der Waals surface area (Å²) in [5, 5.41) is 10.3. The number of benzene rings is 1. The summed E-state index contributed by atoms with van der Waals surface area (Å²) >= 11 is 0. The van der Waals surface area contributed by atoms with Gasteiger partial charge in [-0.2, -0.15) is 0 Å². The van der Waals surface area contributed by atoms with Gasteiger partial charge in [-0.25, -0.2) is 9.97 Å². The average Bonchev–Trinajstić information content (AvgIpc) is 3.72. The van der Waals surface area contributed by atoms with Gasteiger partial charge in [0.05, 0.1) is 13.1 Å². The third-order valence-corrected chi connectivity index (χ3v) is 10.0. The number of piperidine rings is 1. The number of aryl methyl sites for hydroxylation is 1. The molecule has 0 radical (unpaired) electrons. The lowest BCUT2D eigenvalue weighted by Crippen LogP contribution is -2.49. The summed E-state index contributed by atoms with van der Waals surface area (Å²) in [6.45, 7) is 11.9. The van der Waals surface area contributed by atoms with Crippen LogP contribution in [0.1, 0.15) is 82.1 Å². The summed E-state index contributed by atoms with van der Waals surface area (Å²) in [7, 11) is 2.02. The standard InChI is InChI=1S/C33H49N7O2/c1-5-27(6-2)39-17-12-33(13-18-39)20-28(32(41)42)40(29(33)7-3)22-26-10-8-25(9-11-26)21-38(23-30-34-14-15-35-30)24-31-36-16-19-37(31)4/h8-11,14-16,19,27-29H,5-7,12-13,17-18,20-24H2,1-4H3,(H,34,35)(H,41,42)/t28-,29?/m1/s1. The molecule has 0 amide bonds. The highest BCUT2D eigenvalue weighted by Crippen LogP contribution is 2.50. The Hall–Kier alpha value is -3.01. The molecule has 2 aromatic heterocycles. The van der Waals surface area contributed by atoms with Gasteiger partial charge in [0, 0.05) is 57.0 Å². The molecule has 0 aliphatic carbocycles. The molecule has 228 valence electrons. The molecule has 2 atom stereocenters. The smallest absolute Gasteiger partial charge is 0.320 e. The molecule has 2 aliphatic heterocycles. The molecule has 42 heavy (non-hydrogen) atoms. The van der Waals surface area contributed by atoms with Crippen molar-refractivity contribution in [3.8, 4) is 0 Å². The third-order valence-electron chi connectivity index (χ3n) is 10.0. The van der Waals surface area contributed by atoms with Crippen LogP contribution < -0.4 is 0 Å². The summed E-state index contributed by atoms with van der Waals surface area (Å²) in [4.78, 5) is 32.0. The predicted molar refractivity (Wildman–Crippen MR) is 164 cm³/mol. The summed E-state index contributed by atoms with van der Waals surface area (Å²) in [6.07, 6.45) is 13.8. The number of rotatable bonds is 13. The lowest BCUT2D eigenvalue weighted by atomic mass is 9.70. The van der Waals surface area contributed by atoms with Gasteiger partial charge in [-0.05, 0) is 68.2 Å². The molecule has 0 bridgehead atoms. The van der Waals surface area contributed by atoms with E-state index in [1.54, 1.807) is 6.20 Å². The normalized spacial score (nSPS) is 21.2. The lowest BCUT2D eigenvalue weighted by molar-refractivity contribution is -0.142. The van der Waals surface area contributed by atoms with Crippen LogP contribution >= 0.6 is 0 Å². The van der Waals surface area contributed by atoms with Crippen molar-refractivity contribution >= 4 is 5.97 Å². The van der Waals surface area contributed by atoms with E-state index < -0.39 is 12.0 Å². The Bertz CT molecular complexity index is 1260. The summed E-state index contributed by atoms with van der Waals surface area (Å²) < 4.78 is 2.06. The molecule has 1 aromatic carbocycles. The third kappa shape index (κ3) is 6.63. The maximum Gasteiger partial charge on any atom is 0.320 e. The van der Waals surface area contributed by atoms with Gasteiger partial charge in [-0.15, -0.1) is 0 Å². The van der Waals surface area contributed by atoms with Gasteiger partial charge in [0.2, 0.25) is 0 Å². The van der Waals surface area contributed by atoms with Crippen LogP contribution in [0.4, 0.5) is 0 Å². The molecule has 2 saturated heterocycles. The number of H-pyrrole nitrogens is 1. The molecule has 4 heterocycles. The maximum atomic E-state index is 12.5. The first-order valence-electron chi connectivity index (χ1n) is 15.8. The van der Waals surface area contributed by atoms with E-state index in [4.69, 9.17) is 0 Å². The van der Waals surface area contributed by atoms with Gasteiger partial charge in [-0.3, -0.25) is 14.6 Å². The maximum absolute atomic E-state index is 12.5. The fourth-order valence-corrected chi connectivity index (χ4v) is 7.73. The Morgan fingerprint density at radius 2 is 1.76 bits per heavy atom. The van der Waals surface area contributed by atoms with E-state index in [1.165, 1.54) is 24.0 Å². The average molecular weight is 576 g/mol. The number of aromatic amines is 1. The van der Waals surface area contributed by atoms with E-state index in [0.717, 1.165) is 63.5 Å². The van der Waals surface area contributed by atoms with Crippen molar-refractivity contribution in [1.29, 1.82) is 0 Å². The summed E-state index contributed by atoms with van der Waals surface area (Å²) in [5.74, 6) is 1.27. The van der Waals surface area contributed by atoms with Gasteiger partial charge in [-0.1, -0.05) is 45.0 Å². The number of carboxylic acids is 1. The van der Waals surface area contributed by atoms with Gasteiger partial charge >= 0.3 is 5.97 Å². The van der Waals surface area contributed by atoms with E-state index in [9.17, 15) is 9.90 Å². The van der Waals surface area contributed by atoms with Crippen molar-refractivity contribution < 1.29 is 9.90 Å². The van der Waals surface area contributed by atoms with Crippen molar-refractivity contribution in [3.63, 3.8) is 0 Å². The van der Waals surface area contributed by atoms with Crippen LogP contribution in [0, 0.1) is 5.41 Å². The fourth-order valence-electron chi connectivity index (χ4n) is 7.73. The number of hydrogen-bond donors (Lipinski definition) is 2. The van der Waals surface area contributed by atoms with Crippen LogP contribution in [0.15, 0.2) is 49.1 Å². The topological polar surface area (TPSA) is 93.5 Å². The van der Waals surface area contributed by atoms with Crippen LogP contribution in [0.2, 0.25) is 0 Å². The minimum absolute atomic E-state index is 0.0949. The van der Waals surface area contributed by atoms with E-state index in [-0.39, 0.29) is 5.41 Å². The zero-order chi connectivity index (χ0) is 29.7. The number of nitrogens with zero attached hydrogens (tertiary/aromatic N) is 6. The zero-order valence-electron chi connectivity index (χ0n) is 25.9. The number of likely N-dealkylation sites (tertiary alicyclic amines) is 2. The second kappa shape index (κ2) is 13.5. The number of nitrogens with one attached hydrogen (secondary N) is 1. The second-order valence-corrected chi connectivity index (χ2v) is 12.5. The molecular formula is C33H49N7O2. The summed E-state index contributed by atoms with van der Waals surface area (Å²) in [5.41, 5.74) is 2.49. The van der Waals surface area contributed by atoms with Crippen LogP contribution in [-0.2, 0) is 38.0 Å². The number of aliphatic carboxylic acids is 1. The Morgan fingerprint density at radius 3 is 2.33 bits per heavy atom.